The van der Waals surface area contributed by atoms with Crippen LogP contribution in [0.3, 0.4) is 0 Å². The van der Waals surface area contributed by atoms with Crippen molar-refractivity contribution in [1.29, 1.82) is 0 Å². The van der Waals surface area contributed by atoms with Gasteiger partial charge in [0.05, 0.1) is 5.69 Å². The third-order valence-electron chi connectivity index (χ3n) is 4.22. The topological polar surface area (TPSA) is 65.7 Å². The highest BCUT2D eigenvalue weighted by molar-refractivity contribution is 5.69. The number of esters is 1. The number of nitrogens with zero attached hydrogens (tertiary/aromatic N) is 3. The number of aromatic nitrogens is 3. The fourth-order valence-corrected chi connectivity index (χ4v) is 2.93. The van der Waals surface area contributed by atoms with Crippen LogP contribution in [0.4, 0.5) is 0 Å². The summed E-state index contributed by atoms with van der Waals surface area (Å²) in [4.78, 5) is 16.6. The lowest BCUT2D eigenvalue weighted by atomic mass is 10.1. The van der Waals surface area contributed by atoms with Gasteiger partial charge in [0, 0.05) is 23.9 Å². The zero-order chi connectivity index (χ0) is 18.5. The van der Waals surface area contributed by atoms with Crippen molar-refractivity contribution < 1.29 is 14.3 Å². The maximum atomic E-state index is 12.0. The van der Waals surface area contributed by atoms with Gasteiger partial charge in [-0.25, -0.2) is 9.50 Å². The Bertz CT molecular complexity index is 904. The van der Waals surface area contributed by atoms with E-state index in [4.69, 9.17) is 9.47 Å². The molecule has 0 N–H and O–H groups in total. The van der Waals surface area contributed by atoms with E-state index in [1.807, 2.05) is 61.7 Å². The first kappa shape index (κ1) is 17.9. The average molecular weight is 353 g/mol. The van der Waals surface area contributed by atoms with Gasteiger partial charge >= 0.3 is 5.97 Å². The molecule has 0 unspecified atom stereocenters. The molecule has 3 rings (SSSR count). The van der Waals surface area contributed by atoms with Crippen LogP contribution in [0.1, 0.15) is 29.1 Å². The first-order valence-corrected chi connectivity index (χ1v) is 8.70. The number of ether oxygens (including phenoxy) is 2. The number of fused-ring (bicyclic) bond motifs is 1. The predicted molar refractivity (Wildman–Crippen MR) is 98.4 cm³/mol. The first-order valence-electron chi connectivity index (χ1n) is 8.70. The largest absolute Gasteiger partial charge is 0.490 e. The van der Waals surface area contributed by atoms with Crippen molar-refractivity contribution >= 4 is 11.6 Å². The molecule has 0 fully saturated rings. The second-order valence-corrected chi connectivity index (χ2v) is 6.20. The molecule has 3 aromatic rings. The Labute approximate surface area is 152 Å². The molecule has 6 nitrogen and oxygen atoms in total. The van der Waals surface area contributed by atoms with Crippen LogP contribution in [-0.2, 0) is 16.0 Å². The van der Waals surface area contributed by atoms with Gasteiger partial charge in [-0.15, -0.1) is 0 Å². The Balaban J connectivity index is 1.50. The van der Waals surface area contributed by atoms with Crippen molar-refractivity contribution in [1.82, 2.24) is 14.6 Å². The van der Waals surface area contributed by atoms with Crippen molar-refractivity contribution in [2.45, 2.75) is 33.6 Å². The summed E-state index contributed by atoms with van der Waals surface area (Å²) in [6.07, 6.45) is 0.887. The van der Waals surface area contributed by atoms with Crippen molar-refractivity contribution in [2.75, 3.05) is 13.2 Å². The van der Waals surface area contributed by atoms with Crippen LogP contribution < -0.4 is 4.74 Å². The molecule has 0 spiro atoms. The summed E-state index contributed by atoms with van der Waals surface area (Å²) in [5, 5.41) is 4.45. The van der Waals surface area contributed by atoms with Crippen molar-refractivity contribution in [3.05, 3.63) is 59.0 Å². The zero-order valence-corrected chi connectivity index (χ0v) is 15.4. The number of hydrogen-bond acceptors (Lipinski definition) is 5. The van der Waals surface area contributed by atoms with Crippen molar-refractivity contribution in [3.63, 3.8) is 0 Å². The molecule has 0 aliphatic heterocycles. The van der Waals surface area contributed by atoms with E-state index in [1.54, 1.807) is 0 Å². The lowest BCUT2D eigenvalue weighted by molar-refractivity contribution is -0.144. The summed E-state index contributed by atoms with van der Waals surface area (Å²) in [6.45, 7) is 6.49. The van der Waals surface area contributed by atoms with Crippen LogP contribution in [0, 0.1) is 20.8 Å². The Morgan fingerprint density at radius 2 is 1.88 bits per heavy atom. The van der Waals surface area contributed by atoms with Crippen LogP contribution in [-0.4, -0.2) is 33.8 Å². The van der Waals surface area contributed by atoms with Gasteiger partial charge < -0.3 is 9.47 Å². The third-order valence-corrected chi connectivity index (χ3v) is 4.22. The zero-order valence-electron chi connectivity index (χ0n) is 15.4. The second kappa shape index (κ2) is 7.99. The average Bonchev–Trinajstić information content (AvgIpc) is 3.00. The molecule has 0 aliphatic rings. The monoisotopic (exact) mass is 353 g/mol. The van der Waals surface area contributed by atoms with E-state index in [0.717, 1.165) is 34.0 Å². The molecule has 2 heterocycles. The molecular formula is C20H23N3O3. The minimum Gasteiger partial charge on any atom is -0.490 e. The van der Waals surface area contributed by atoms with Gasteiger partial charge in [-0.05, 0) is 44.9 Å². The molecule has 2 aromatic heterocycles. The van der Waals surface area contributed by atoms with E-state index in [0.29, 0.717) is 19.4 Å². The third kappa shape index (κ3) is 4.20. The van der Waals surface area contributed by atoms with Crippen molar-refractivity contribution in [3.8, 4) is 5.75 Å². The lowest BCUT2D eigenvalue weighted by Gasteiger charge is -2.11. The molecule has 26 heavy (non-hydrogen) atoms. The van der Waals surface area contributed by atoms with Gasteiger partial charge in [-0.2, -0.15) is 5.10 Å². The molecule has 6 heteroatoms. The molecule has 0 amide bonds. The molecule has 0 atom stereocenters. The van der Waals surface area contributed by atoms with Gasteiger partial charge in [0.1, 0.15) is 19.0 Å². The Hall–Kier alpha value is -2.89. The fourth-order valence-electron chi connectivity index (χ4n) is 2.93. The van der Waals surface area contributed by atoms with Crippen LogP contribution in [0.15, 0.2) is 36.4 Å². The van der Waals surface area contributed by atoms with E-state index < -0.39 is 0 Å². The quantitative estimate of drug-likeness (QED) is 0.482. The van der Waals surface area contributed by atoms with Crippen LogP contribution in [0.5, 0.6) is 5.75 Å². The number of para-hydroxylation sites is 1. The van der Waals surface area contributed by atoms with Crippen LogP contribution in [0.25, 0.3) is 5.65 Å². The molecule has 0 radical (unpaired) electrons. The second-order valence-electron chi connectivity index (χ2n) is 6.20. The number of rotatable bonds is 7. The molecule has 0 bridgehead atoms. The standard InChI is InChI=1S/C20H23N3O3/c1-14-13-19-21-15(2)18(16(3)23(19)22-14)9-10-20(24)26-12-11-25-17-7-5-4-6-8-17/h4-8,13H,9-12H2,1-3H3. The van der Waals surface area contributed by atoms with Gasteiger partial charge in [-0.3, -0.25) is 4.79 Å². The van der Waals surface area contributed by atoms with Gasteiger partial charge in [0.25, 0.3) is 0 Å². The Kier molecular flexibility index (Phi) is 5.51. The summed E-state index contributed by atoms with van der Waals surface area (Å²) in [7, 11) is 0. The minimum atomic E-state index is -0.239. The number of benzene rings is 1. The number of carbonyl (C=O) groups excluding carboxylic acids is 1. The smallest absolute Gasteiger partial charge is 0.306 e. The summed E-state index contributed by atoms with van der Waals surface area (Å²) < 4.78 is 12.6. The first-order chi connectivity index (χ1) is 12.5. The van der Waals surface area contributed by atoms with E-state index >= 15 is 0 Å². The van der Waals surface area contributed by atoms with E-state index in [-0.39, 0.29) is 12.6 Å². The summed E-state index contributed by atoms with van der Waals surface area (Å²) in [6, 6.07) is 11.4. The van der Waals surface area contributed by atoms with E-state index in [1.165, 1.54) is 0 Å². The van der Waals surface area contributed by atoms with E-state index in [9.17, 15) is 4.79 Å². The van der Waals surface area contributed by atoms with Gasteiger partial charge in [0.15, 0.2) is 5.65 Å². The number of carbonyl (C=O) groups is 1. The summed E-state index contributed by atoms with van der Waals surface area (Å²) in [5.74, 6) is 0.529. The Morgan fingerprint density at radius 3 is 2.65 bits per heavy atom. The van der Waals surface area contributed by atoms with Gasteiger partial charge in [0.2, 0.25) is 0 Å². The molecule has 0 aliphatic carbocycles. The highest BCUT2D eigenvalue weighted by Crippen LogP contribution is 2.17. The lowest BCUT2D eigenvalue weighted by Crippen LogP contribution is -2.14. The highest BCUT2D eigenvalue weighted by Gasteiger charge is 2.13. The molecular weight excluding hydrogens is 330 g/mol. The SMILES string of the molecule is Cc1cc2nc(C)c(CCC(=O)OCCOc3ccccc3)c(C)n2n1. The number of aryl methyl sites for hydroxylation is 3. The minimum absolute atomic E-state index is 0.237. The fraction of sp³-hybridized carbons (Fsp3) is 0.350. The van der Waals surface area contributed by atoms with Gasteiger partial charge in [-0.1, -0.05) is 18.2 Å². The van der Waals surface area contributed by atoms with Crippen molar-refractivity contribution in [2.24, 2.45) is 0 Å². The molecule has 1 aromatic carbocycles. The summed E-state index contributed by atoms with van der Waals surface area (Å²) >= 11 is 0. The van der Waals surface area contributed by atoms with Crippen LogP contribution in [0.2, 0.25) is 0 Å². The highest BCUT2D eigenvalue weighted by atomic mass is 16.6. The number of hydrogen-bond donors (Lipinski definition) is 0. The predicted octanol–water partition coefficient (Wildman–Crippen LogP) is 3.21. The molecule has 0 saturated heterocycles. The molecule has 0 saturated carbocycles. The van der Waals surface area contributed by atoms with Crippen LogP contribution >= 0.6 is 0 Å². The maximum absolute atomic E-state index is 12.0. The summed E-state index contributed by atoms with van der Waals surface area (Å²) in [5.41, 5.74) is 4.74. The molecule has 136 valence electrons. The normalized spacial score (nSPS) is 10.9. The maximum Gasteiger partial charge on any atom is 0.306 e. The Morgan fingerprint density at radius 1 is 1.12 bits per heavy atom. The van der Waals surface area contributed by atoms with E-state index in [2.05, 4.69) is 10.1 Å².